The largest absolute Gasteiger partial charge is 0.396 e. The van der Waals surface area contributed by atoms with Gasteiger partial charge in [0.2, 0.25) is 5.91 Å². The van der Waals surface area contributed by atoms with Gasteiger partial charge in [-0.3, -0.25) is 4.79 Å². The van der Waals surface area contributed by atoms with Gasteiger partial charge in [-0.05, 0) is 31.0 Å². The van der Waals surface area contributed by atoms with Gasteiger partial charge in [-0.15, -0.1) is 0 Å². The summed E-state index contributed by atoms with van der Waals surface area (Å²) in [6.07, 6.45) is 0.868. The maximum Gasteiger partial charge on any atom is 0.220 e. The Hall–Kier alpha value is -1.88. The quantitative estimate of drug-likeness (QED) is 0.744. The van der Waals surface area contributed by atoms with Crippen LogP contribution in [0.25, 0.3) is 11.0 Å². The monoisotopic (exact) mass is 247 g/mol. The smallest absolute Gasteiger partial charge is 0.220 e. The van der Waals surface area contributed by atoms with Crippen LogP contribution in [0.3, 0.4) is 0 Å². The summed E-state index contributed by atoms with van der Waals surface area (Å²) in [5.41, 5.74) is 2.95. The third kappa shape index (κ3) is 3.07. The number of aryl methyl sites for hydroxylation is 1. The van der Waals surface area contributed by atoms with E-state index in [-0.39, 0.29) is 12.5 Å². The number of imidazole rings is 1. The number of nitrogens with one attached hydrogen (secondary N) is 2. The zero-order valence-electron chi connectivity index (χ0n) is 10.4. The zero-order chi connectivity index (χ0) is 13.0. The van der Waals surface area contributed by atoms with Gasteiger partial charge >= 0.3 is 0 Å². The number of aliphatic hydroxyl groups is 1. The van der Waals surface area contributed by atoms with E-state index in [0.29, 0.717) is 19.4 Å². The summed E-state index contributed by atoms with van der Waals surface area (Å²) in [5, 5.41) is 11.5. The van der Waals surface area contributed by atoms with Gasteiger partial charge in [-0.2, -0.15) is 0 Å². The lowest BCUT2D eigenvalue weighted by Crippen LogP contribution is -2.22. The minimum absolute atomic E-state index is 0.0371. The van der Waals surface area contributed by atoms with Gasteiger partial charge in [0, 0.05) is 19.6 Å². The van der Waals surface area contributed by atoms with Crippen LogP contribution in [0, 0.1) is 6.92 Å². The molecule has 2 rings (SSSR count). The minimum Gasteiger partial charge on any atom is -0.396 e. The second-order valence-electron chi connectivity index (χ2n) is 4.28. The van der Waals surface area contributed by atoms with Crippen LogP contribution >= 0.6 is 0 Å². The Morgan fingerprint density at radius 1 is 1.50 bits per heavy atom. The minimum atomic E-state index is -0.0371. The molecular formula is C13H17N3O2. The Morgan fingerprint density at radius 2 is 2.33 bits per heavy atom. The van der Waals surface area contributed by atoms with Crippen LogP contribution in [0.1, 0.15) is 24.2 Å². The number of carbonyl (C=O) groups excluding carboxylic acids is 1. The van der Waals surface area contributed by atoms with E-state index >= 15 is 0 Å². The van der Waals surface area contributed by atoms with Gasteiger partial charge in [0.25, 0.3) is 0 Å². The van der Waals surface area contributed by atoms with Gasteiger partial charge in [-0.1, -0.05) is 6.07 Å². The van der Waals surface area contributed by atoms with Crippen molar-refractivity contribution in [3.05, 3.63) is 29.6 Å². The second-order valence-corrected chi connectivity index (χ2v) is 4.28. The molecule has 1 aromatic heterocycles. The molecule has 2 aromatic rings. The van der Waals surface area contributed by atoms with Gasteiger partial charge in [0.15, 0.2) is 0 Å². The number of aromatic nitrogens is 2. The van der Waals surface area contributed by atoms with Crippen LogP contribution < -0.4 is 5.32 Å². The van der Waals surface area contributed by atoms with E-state index in [1.54, 1.807) is 0 Å². The van der Waals surface area contributed by atoms with Crippen molar-refractivity contribution in [3.8, 4) is 0 Å². The Balaban J connectivity index is 1.97. The number of benzene rings is 1. The maximum atomic E-state index is 11.4. The topological polar surface area (TPSA) is 78.0 Å². The molecule has 3 N–H and O–H groups in total. The Kier molecular flexibility index (Phi) is 3.94. The summed E-state index contributed by atoms with van der Waals surface area (Å²) in [7, 11) is 0. The van der Waals surface area contributed by atoms with Crippen molar-refractivity contribution < 1.29 is 9.90 Å². The van der Waals surface area contributed by atoms with Gasteiger partial charge < -0.3 is 15.4 Å². The number of amides is 1. The predicted molar refractivity (Wildman–Crippen MR) is 69.0 cm³/mol. The SMILES string of the molecule is Cc1nc2ccc(CNC(=O)CCCO)cc2[nH]1. The first-order valence-corrected chi connectivity index (χ1v) is 6.02. The Labute approximate surface area is 105 Å². The van der Waals surface area contributed by atoms with Crippen LogP contribution in [-0.2, 0) is 11.3 Å². The van der Waals surface area contributed by atoms with Crippen LogP contribution in [0.15, 0.2) is 18.2 Å². The molecule has 0 unspecified atom stereocenters. The van der Waals surface area contributed by atoms with Crippen molar-refractivity contribution in [1.82, 2.24) is 15.3 Å². The van der Waals surface area contributed by atoms with Crippen LogP contribution in [0.2, 0.25) is 0 Å². The number of aromatic amines is 1. The third-order valence-electron chi connectivity index (χ3n) is 2.72. The summed E-state index contributed by atoms with van der Waals surface area (Å²) in [4.78, 5) is 18.9. The molecular weight excluding hydrogens is 230 g/mol. The van der Waals surface area contributed by atoms with Crippen molar-refractivity contribution in [2.75, 3.05) is 6.61 Å². The van der Waals surface area contributed by atoms with E-state index < -0.39 is 0 Å². The normalized spacial score (nSPS) is 10.8. The van der Waals surface area contributed by atoms with Crippen LogP contribution in [-0.4, -0.2) is 27.6 Å². The summed E-state index contributed by atoms with van der Waals surface area (Å²) < 4.78 is 0. The van der Waals surface area contributed by atoms with Crippen molar-refractivity contribution in [2.45, 2.75) is 26.3 Å². The van der Waals surface area contributed by atoms with Crippen LogP contribution in [0.5, 0.6) is 0 Å². The van der Waals surface area contributed by atoms with Crippen molar-refractivity contribution in [1.29, 1.82) is 0 Å². The van der Waals surface area contributed by atoms with E-state index in [1.807, 2.05) is 25.1 Å². The van der Waals surface area contributed by atoms with Gasteiger partial charge in [0.1, 0.15) is 5.82 Å². The summed E-state index contributed by atoms with van der Waals surface area (Å²) in [5.74, 6) is 0.846. The molecule has 1 amide bonds. The molecule has 0 saturated carbocycles. The molecule has 1 aromatic carbocycles. The first kappa shape index (κ1) is 12.6. The van der Waals surface area contributed by atoms with Gasteiger partial charge in [0.05, 0.1) is 11.0 Å². The zero-order valence-corrected chi connectivity index (χ0v) is 10.4. The van der Waals surface area contributed by atoms with Crippen molar-refractivity contribution >= 4 is 16.9 Å². The molecule has 0 radical (unpaired) electrons. The standard InChI is InChI=1S/C13H17N3O2/c1-9-15-11-5-4-10(7-12(11)16-9)8-14-13(18)3-2-6-17/h4-5,7,17H,2-3,6,8H2,1H3,(H,14,18)(H,15,16). The number of nitrogens with zero attached hydrogens (tertiary/aromatic N) is 1. The molecule has 0 aliphatic rings. The maximum absolute atomic E-state index is 11.4. The van der Waals surface area contributed by atoms with E-state index in [0.717, 1.165) is 22.4 Å². The highest BCUT2D eigenvalue weighted by Crippen LogP contribution is 2.13. The molecule has 0 atom stereocenters. The third-order valence-corrected chi connectivity index (χ3v) is 2.72. The van der Waals surface area contributed by atoms with Crippen molar-refractivity contribution in [3.63, 3.8) is 0 Å². The average Bonchev–Trinajstić information content (AvgIpc) is 2.73. The number of rotatable bonds is 5. The molecule has 5 heteroatoms. The lowest BCUT2D eigenvalue weighted by molar-refractivity contribution is -0.121. The number of H-pyrrole nitrogens is 1. The highest BCUT2D eigenvalue weighted by Gasteiger charge is 2.03. The van der Waals surface area contributed by atoms with E-state index in [4.69, 9.17) is 5.11 Å². The Bertz CT molecular complexity index is 548. The summed E-state index contributed by atoms with van der Waals surface area (Å²) in [6.45, 7) is 2.46. The average molecular weight is 247 g/mol. The fraction of sp³-hybridized carbons (Fsp3) is 0.385. The van der Waals surface area contributed by atoms with Crippen LogP contribution in [0.4, 0.5) is 0 Å². The van der Waals surface area contributed by atoms with Crippen molar-refractivity contribution in [2.24, 2.45) is 0 Å². The predicted octanol–water partition coefficient (Wildman–Crippen LogP) is 1.26. The number of aliphatic hydroxyl groups excluding tert-OH is 1. The molecule has 0 aliphatic heterocycles. The fourth-order valence-electron chi connectivity index (χ4n) is 1.82. The van der Waals surface area contributed by atoms with Gasteiger partial charge in [-0.25, -0.2) is 4.98 Å². The molecule has 18 heavy (non-hydrogen) atoms. The molecule has 96 valence electrons. The molecule has 5 nitrogen and oxygen atoms in total. The highest BCUT2D eigenvalue weighted by atomic mass is 16.3. The van der Waals surface area contributed by atoms with E-state index in [9.17, 15) is 4.79 Å². The fourth-order valence-corrected chi connectivity index (χ4v) is 1.82. The number of hydrogen-bond donors (Lipinski definition) is 3. The molecule has 0 aliphatic carbocycles. The number of fused-ring (bicyclic) bond motifs is 1. The first-order chi connectivity index (χ1) is 8.69. The molecule has 0 bridgehead atoms. The summed E-state index contributed by atoms with van der Waals surface area (Å²) >= 11 is 0. The van der Waals surface area contributed by atoms with E-state index in [1.165, 1.54) is 0 Å². The number of hydrogen-bond acceptors (Lipinski definition) is 3. The first-order valence-electron chi connectivity index (χ1n) is 6.02. The summed E-state index contributed by atoms with van der Waals surface area (Å²) in [6, 6.07) is 5.88. The molecule has 1 heterocycles. The molecule has 0 saturated heterocycles. The molecule has 0 spiro atoms. The Morgan fingerprint density at radius 3 is 3.11 bits per heavy atom. The van der Waals surface area contributed by atoms with E-state index in [2.05, 4.69) is 15.3 Å². The lowest BCUT2D eigenvalue weighted by atomic mass is 10.2. The second kappa shape index (κ2) is 5.64. The lowest BCUT2D eigenvalue weighted by Gasteiger charge is -2.04. The number of carbonyl (C=O) groups is 1. The molecule has 0 fully saturated rings. The highest BCUT2D eigenvalue weighted by molar-refractivity contribution is 5.77.